The van der Waals surface area contributed by atoms with E-state index in [1.165, 1.54) is 0 Å². The van der Waals surface area contributed by atoms with Crippen LogP contribution in [0.15, 0.2) is 121 Å². The number of benzene rings is 4. The third kappa shape index (κ3) is 4.58. The fourth-order valence-corrected chi connectivity index (χ4v) is 4.43. The molecule has 0 bridgehead atoms. The molecule has 0 saturated heterocycles. The minimum Gasteiger partial charge on any atom is -0.322 e. The first-order valence-electron chi connectivity index (χ1n) is 12.2. The number of amides is 2. The molecule has 0 saturated carbocycles. The van der Waals surface area contributed by atoms with Crippen molar-refractivity contribution in [2.45, 2.75) is 0 Å². The number of nitrogens with zero attached hydrogens (tertiary/aromatic N) is 2. The molecule has 0 atom stereocenters. The third-order valence-corrected chi connectivity index (χ3v) is 6.25. The van der Waals surface area contributed by atoms with E-state index in [4.69, 9.17) is 9.97 Å². The van der Waals surface area contributed by atoms with Gasteiger partial charge in [0.1, 0.15) is 0 Å². The predicted molar refractivity (Wildman–Crippen MR) is 151 cm³/mol. The molecule has 0 fully saturated rings. The number of pyridine rings is 2. The summed E-state index contributed by atoms with van der Waals surface area (Å²) in [5.74, 6) is -0.502. The molecule has 0 aliphatic carbocycles. The van der Waals surface area contributed by atoms with E-state index in [1.807, 2.05) is 109 Å². The molecule has 4 aromatic carbocycles. The summed E-state index contributed by atoms with van der Waals surface area (Å²) in [5, 5.41) is 7.39. The van der Waals surface area contributed by atoms with Crippen LogP contribution in [0.5, 0.6) is 0 Å². The van der Waals surface area contributed by atoms with Crippen molar-refractivity contribution in [2.75, 3.05) is 10.6 Å². The fourth-order valence-electron chi connectivity index (χ4n) is 4.43. The zero-order chi connectivity index (χ0) is 25.9. The van der Waals surface area contributed by atoms with Gasteiger partial charge in [-0.3, -0.25) is 9.59 Å². The number of para-hydroxylation sites is 4. The molecule has 2 aromatic heterocycles. The summed E-state index contributed by atoms with van der Waals surface area (Å²) >= 11 is 0. The second-order valence-corrected chi connectivity index (χ2v) is 8.78. The summed E-state index contributed by atoms with van der Waals surface area (Å²) in [6.45, 7) is 0. The Bertz CT molecular complexity index is 1670. The third-order valence-electron chi connectivity index (χ3n) is 6.25. The van der Waals surface area contributed by atoms with Crippen LogP contribution in [0.4, 0.5) is 11.4 Å². The molecule has 6 rings (SSSR count). The molecule has 0 spiro atoms. The number of carbonyl (C=O) groups is 2. The Hall–Kier alpha value is -5.36. The van der Waals surface area contributed by atoms with Crippen LogP contribution >= 0.6 is 0 Å². The van der Waals surface area contributed by atoms with Crippen LogP contribution in [-0.2, 0) is 0 Å². The average Bonchev–Trinajstić information content (AvgIpc) is 2.97. The molecule has 2 amide bonds. The summed E-state index contributed by atoms with van der Waals surface area (Å²) in [6, 6.07) is 37.1. The van der Waals surface area contributed by atoms with Crippen LogP contribution in [-0.4, -0.2) is 21.8 Å². The minimum atomic E-state index is -0.251. The van der Waals surface area contributed by atoms with E-state index in [1.54, 1.807) is 12.1 Å². The summed E-state index contributed by atoms with van der Waals surface area (Å²) in [4.78, 5) is 36.4. The maximum Gasteiger partial charge on any atom is 0.256 e. The van der Waals surface area contributed by atoms with E-state index in [2.05, 4.69) is 10.6 Å². The van der Waals surface area contributed by atoms with Gasteiger partial charge in [-0.25, -0.2) is 9.97 Å². The summed E-state index contributed by atoms with van der Waals surface area (Å²) in [6.07, 6.45) is 0. The van der Waals surface area contributed by atoms with Crippen molar-refractivity contribution in [3.63, 3.8) is 0 Å². The number of carbonyl (C=O) groups excluding carboxylic acids is 2. The van der Waals surface area contributed by atoms with Crippen LogP contribution in [0.1, 0.15) is 20.7 Å². The summed E-state index contributed by atoms with van der Waals surface area (Å²) in [7, 11) is 0. The van der Waals surface area contributed by atoms with E-state index in [9.17, 15) is 9.59 Å². The quantitative estimate of drug-likeness (QED) is 0.271. The van der Waals surface area contributed by atoms with Gasteiger partial charge in [-0.2, -0.15) is 0 Å². The van der Waals surface area contributed by atoms with Crippen LogP contribution < -0.4 is 10.6 Å². The zero-order valence-electron chi connectivity index (χ0n) is 20.3. The standard InChI is InChI=1S/C32H22N4O2/c37-31(33-21-11-3-1-4-12-21)25-19-29(35-27-17-9-7-15-23(25)27)30-20-26(24-16-8-10-18-28(24)36-30)32(38)34-22-13-5-2-6-14-22/h1-20H,(H,33,37)(H,34,38). The van der Waals surface area contributed by atoms with Crippen LogP contribution in [0, 0.1) is 0 Å². The number of fused-ring (bicyclic) bond motifs is 2. The average molecular weight is 495 g/mol. The fraction of sp³-hybridized carbons (Fsp3) is 0. The Morgan fingerprint density at radius 3 is 1.26 bits per heavy atom. The predicted octanol–water partition coefficient (Wildman–Crippen LogP) is 6.95. The topological polar surface area (TPSA) is 84.0 Å². The smallest absolute Gasteiger partial charge is 0.256 e. The molecule has 2 heterocycles. The minimum absolute atomic E-state index is 0.251. The molecule has 2 N–H and O–H groups in total. The number of hydrogen-bond donors (Lipinski definition) is 2. The van der Waals surface area contributed by atoms with Crippen molar-refractivity contribution in [2.24, 2.45) is 0 Å². The lowest BCUT2D eigenvalue weighted by molar-refractivity contribution is 0.102. The van der Waals surface area contributed by atoms with Gasteiger partial charge in [0.05, 0.1) is 33.5 Å². The van der Waals surface area contributed by atoms with Crippen molar-refractivity contribution < 1.29 is 9.59 Å². The van der Waals surface area contributed by atoms with E-state index < -0.39 is 0 Å². The van der Waals surface area contributed by atoms with Gasteiger partial charge in [-0.05, 0) is 48.5 Å². The molecule has 182 valence electrons. The highest BCUT2D eigenvalue weighted by atomic mass is 16.2. The van der Waals surface area contributed by atoms with Crippen LogP contribution in [0.25, 0.3) is 33.2 Å². The van der Waals surface area contributed by atoms with Gasteiger partial charge in [0.2, 0.25) is 0 Å². The van der Waals surface area contributed by atoms with Gasteiger partial charge in [0, 0.05) is 22.1 Å². The van der Waals surface area contributed by atoms with Crippen LogP contribution in [0.3, 0.4) is 0 Å². The van der Waals surface area contributed by atoms with Gasteiger partial charge in [0.25, 0.3) is 11.8 Å². The normalized spacial score (nSPS) is 10.8. The Labute approximate surface area is 219 Å². The Morgan fingerprint density at radius 1 is 0.474 bits per heavy atom. The van der Waals surface area contributed by atoms with E-state index in [0.29, 0.717) is 44.9 Å². The second-order valence-electron chi connectivity index (χ2n) is 8.78. The highest BCUT2D eigenvalue weighted by molar-refractivity contribution is 6.14. The molecule has 6 heteroatoms. The van der Waals surface area contributed by atoms with Crippen molar-refractivity contribution in [3.05, 3.63) is 132 Å². The number of rotatable bonds is 5. The summed E-state index contributed by atoms with van der Waals surface area (Å²) < 4.78 is 0. The van der Waals surface area contributed by atoms with Gasteiger partial charge < -0.3 is 10.6 Å². The molecule has 0 radical (unpaired) electrons. The maximum absolute atomic E-state index is 13.4. The lowest BCUT2D eigenvalue weighted by Crippen LogP contribution is -2.14. The van der Waals surface area contributed by atoms with Crippen molar-refractivity contribution in [1.82, 2.24) is 9.97 Å². The Balaban J connectivity index is 1.47. The molecule has 0 aliphatic rings. The first-order valence-corrected chi connectivity index (χ1v) is 12.2. The number of aromatic nitrogens is 2. The van der Waals surface area contributed by atoms with Crippen LogP contribution in [0.2, 0.25) is 0 Å². The lowest BCUT2D eigenvalue weighted by atomic mass is 10.0. The lowest BCUT2D eigenvalue weighted by Gasteiger charge is -2.13. The number of anilines is 2. The van der Waals surface area contributed by atoms with Gasteiger partial charge in [0.15, 0.2) is 0 Å². The second kappa shape index (κ2) is 9.95. The van der Waals surface area contributed by atoms with Gasteiger partial charge in [-0.1, -0.05) is 72.8 Å². The van der Waals surface area contributed by atoms with Crippen molar-refractivity contribution in [3.8, 4) is 11.4 Å². The highest BCUT2D eigenvalue weighted by Crippen LogP contribution is 2.28. The number of hydrogen-bond acceptors (Lipinski definition) is 4. The van der Waals surface area contributed by atoms with E-state index >= 15 is 0 Å². The monoisotopic (exact) mass is 494 g/mol. The van der Waals surface area contributed by atoms with E-state index in [0.717, 1.165) is 10.8 Å². The largest absolute Gasteiger partial charge is 0.322 e. The maximum atomic E-state index is 13.4. The summed E-state index contributed by atoms with van der Waals surface area (Å²) in [5.41, 5.74) is 4.66. The first-order chi connectivity index (χ1) is 18.7. The molecule has 6 nitrogen and oxygen atoms in total. The highest BCUT2D eigenvalue weighted by Gasteiger charge is 2.18. The van der Waals surface area contributed by atoms with Crippen molar-refractivity contribution in [1.29, 1.82) is 0 Å². The molecular formula is C32H22N4O2. The van der Waals surface area contributed by atoms with Gasteiger partial charge in [-0.15, -0.1) is 0 Å². The zero-order valence-corrected chi connectivity index (χ0v) is 20.3. The molecule has 0 unspecified atom stereocenters. The Kier molecular flexibility index (Phi) is 6.04. The molecule has 6 aromatic rings. The number of nitrogens with one attached hydrogen (secondary N) is 2. The molecule has 38 heavy (non-hydrogen) atoms. The van der Waals surface area contributed by atoms with Gasteiger partial charge >= 0.3 is 0 Å². The van der Waals surface area contributed by atoms with Crippen molar-refractivity contribution >= 4 is 45.0 Å². The Morgan fingerprint density at radius 2 is 0.842 bits per heavy atom. The molecular weight excluding hydrogens is 472 g/mol. The van der Waals surface area contributed by atoms with E-state index in [-0.39, 0.29) is 11.8 Å². The first kappa shape index (κ1) is 23.1. The SMILES string of the molecule is O=C(Nc1ccccc1)c1cc(-c2cc(C(=O)Nc3ccccc3)c3ccccc3n2)nc2ccccc12. The molecule has 0 aliphatic heterocycles.